The molecule has 0 aromatic carbocycles. The number of hydrogen-bond donors (Lipinski definition) is 1. The smallest absolute Gasteiger partial charge is 0.0945 e. The zero-order chi connectivity index (χ0) is 11.1. The lowest BCUT2D eigenvalue weighted by atomic mass is 9.99. The summed E-state index contributed by atoms with van der Waals surface area (Å²) in [5.41, 5.74) is 0. The highest BCUT2D eigenvalue weighted by Gasteiger charge is 2.12. The maximum absolute atomic E-state index is 5.71. The predicted molar refractivity (Wildman–Crippen MR) is 63.3 cm³/mol. The summed E-state index contributed by atoms with van der Waals surface area (Å²) in [4.78, 5) is 4.01. The van der Waals surface area contributed by atoms with Gasteiger partial charge in [-0.15, -0.1) is 0 Å². The largest absolute Gasteiger partial charge is 0.381 e. The number of ether oxygens (including phenoxy) is 1. The van der Waals surface area contributed by atoms with Crippen LogP contribution < -0.4 is 5.32 Å². The van der Waals surface area contributed by atoms with E-state index in [1.165, 1.54) is 12.8 Å². The van der Waals surface area contributed by atoms with Gasteiger partial charge in [-0.1, -0.05) is 0 Å². The van der Waals surface area contributed by atoms with E-state index in [0.717, 1.165) is 45.2 Å². The molecule has 2 heterocycles. The Morgan fingerprint density at radius 3 is 3.00 bits per heavy atom. The monoisotopic (exact) mass is 223 g/mol. The van der Waals surface area contributed by atoms with Crippen LogP contribution in [0.25, 0.3) is 0 Å². The summed E-state index contributed by atoms with van der Waals surface area (Å²) < 4.78 is 7.80. The summed E-state index contributed by atoms with van der Waals surface area (Å²) in [5, 5.41) is 3.37. The molecule has 1 aliphatic rings. The summed E-state index contributed by atoms with van der Waals surface area (Å²) in [5.74, 6) is 0.773. The highest BCUT2D eigenvalue weighted by molar-refractivity contribution is 4.73. The third-order valence-electron chi connectivity index (χ3n) is 3.08. The SMILES string of the molecule is c1cn(CCCOCC2CCNCC2)cn1. The van der Waals surface area contributed by atoms with Crippen molar-refractivity contribution in [3.8, 4) is 0 Å². The lowest BCUT2D eigenvalue weighted by molar-refractivity contribution is 0.0842. The number of nitrogens with zero attached hydrogens (tertiary/aromatic N) is 2. The van der Waals surface area contributed by atoms with Gasteiger partial charge in [0.15, 0.2) is 0 Å². The second kappa shape index (κ2) is 6.66. The number of hydrogen-bond acceptors (Lipinski definition) is 3. The molecule has 0 aliphatic carbocycles. The zero-order valence-electron chi connectivity index (χ0n) is 9.77. The van der Waals surface area contributed by atoms with Crippen molar-refractivity contribution in [2.45, 2.75) is 25.8 Å². The van der Waals surface area contributed by atoms with Crippen molar-refractivity contribution in [3.05, 3.63) is 18.7 Å². The lowest BCUT2D eigenvalue weighted by Gasteiger charge is -2.22. The molecule has 1 aromatic heterocycles. The maximum atomic E-state index is 5.71. The number of piperidine rings is 1. The maximum Gasteiger partial charge on any atom is 0.0945 e. The molecule has 4 heteroatoms. The fourth-order valence-electron chi connectivity index (χ4n) is 2.07. The molecular formula is C12H21N3O. The van der Waals surface area contributed by atoms with E-state index in [9.17, 15) is 0 Å². The van der Waals surface area contributed by atoms with Crippen LogP contribution in [0.15, 0.2) is 18.7 Å². The predicted octanol–water partition coefficient (Wildman–Crippen LogP) is 1.29. The second-order valence-electron chi connectivity index (χ2n) is 4.42. The van der Waals surface area contributed by atoms with Gasteiger partial charge >= 0.3 is 0 Å². The van der Waals surface area contributed by atoms with Gasteiger partial charge in [0, 0.05) is 32.2 Å². The summed E-state index contributed by atoms with van der Waals surface area (Å²) >= 11 is 0. The molecule has 90 valence electrons. The number of imidazole rings is 1. The van der Waals surface area contributed by atoms with Crippen molar-refractivity contribution < 1.29 is 4.74 Å². The molecule has 16 heavy (non-hydrogen) atoms. The minimum atomic E-state index is 0.773. The molecule has 4 nitrogen and oxygen atoms in total. The molecule has 2 rings (SSSR count). The molecule has 1 aromatic rings. The van der Waals surface area contributed by atoms with Gasteiger partial charge in [-0.2, -0.15) is 0 Å². The Morgan fingerprint density at radius 1 is 1.38 bits per heavy atom. The van der Waals surface area contributed by atoms with E-state index >= 15 is 0 Å². The minimum Gasteiger partial charge on any atom is -0.381 e. The van der Waals surface area contributed by atoms with Crippen LogP contribution in [0.5, 0.6) is 0 Å². The third-order valence-corrected chi connectivity index (χ3v) is 3.08. The van der Waals surface area contributed by atoms with Crippen LogP contribution in [-0.4, -0.2) is 35.9 Å². The van der Waals surface area contributed by atoms with Crippen molar-refractivity contribution in [3.63, 3.8) is 0 Å². The summed E-state index contributed by atoms with van der Waals surface area (Å²) in [7, 11) is 0. The number of aryl methyl sites for hydroxylation is 1. The fourth-order valence-corrected chi connectivity index (χ4v) is 2.07. The second-order valence-corrected chi connectivity index (χ2v) is 4.42. The van der Waals surface area contributed by atoms with E-state index in [1.54, 1.807) is 0 Å². The molecule has 1 aliphatic heterocycles. The minimum absolute atomic E-state index is 0.773. The van der Waals surface area contributed by atoms with Gasteiger partial charge in [0.25, 0.3) is 0 Å². The van der Waals surface area contributed by atoms with Gasteiger partial charge in [-0.3, -0.25) is 0 Å². The van der Waals surface area contributed by atoms with Crippen molar-refractivity contribution in [1.82, 2.24) is 14.9 Å². The van der Waals surface area contributed by atoms with E-state index in [1.807, 2.05) is 18.7 Å². The molecule has 0 saturated carbocycles. The third kappa shape index (κ3) is 3.94. The molecule has 0 spiro atoms. The molecule has 0 radical (unpaired) electrons. The Kier molecular flexibility index (Phi) is 4.83. The quantitative estimate of drug-likeness (QED) is 0.739. The van der Waals surface area contributed by atoms with Crippen LogP contribution >= 0.6 is 0 Å². The Hall–Kier alpha value is -0.870. The standard InChI is InChI=1S/C12H21N3O/c1(7-15-8-6-14-11-15)9-16-10-12-2-4-13-5-3-12/h6,8,11-13H,1-5,7,9-10H2. The van der Waals surface area contributed by atoms with Crippen LogP contribution in [-0.2, 0) is 11.3 Å². The first-order valence-corrected chi connectivity index (χ1v) is 6.19. The van der Waals surface area contributed by atoms with E-state index in [4.69, 9.17) is 4.74 Å². The first kappa shape index (κ1) is 11.6. The van der Waals surface area contributed by atoms with Gasteiger partial charge in [-0.05, 0) is 38.3 Å². The number of aromatic nitrogens is 2. The van der Waals surface area contributed by atoms with Crippen molar-refractivity contribution >= 4 is 0 Å². The van der Waals surface area contributed by atoms with E-state index in [2.05, 4.69) is 14.9 Å². The Balaban J connectivity index is 1.48. The topological polar surface area (TPSA) is 39.1 Å². The van der Waals surface area contributed by atoms with Crippen LogP contribution in [0.4, 0.5) is 0 Å². The number of nitrogens with one attached hydrogen (secondary N) is 1. The summed E-state index contributed by atoms with van der Waals surface area (Å²) in [6.07, 6.45) is 9.26. The number of rotatable bonds is 6. The first-order chi connectivity index (χ1) is 7.95. The van der Waals surface area contributed by atoms with Crippen LogP contribution in [0, 0.1) is 5.92 Å². The average molecular weight is 223 g/mol. The van der Waals surface area contributed by atoms with E-state index in [0.29, 0.717) is 0 Å². The highest BCUT2D eigenvalue weighted by Crippen LogP contribution is 2.11. The molecule has 0 amide bonds. The molecular weight excluding hydrogens is 202 g/mol. The molecule has 1 saturated heterocycles. The molecule has 1 fully saturated rings. The van der Waals surface area contributed by atoms with Gasteiger partial charge in [-0.25, -0.2) is 4.98 Å². The fraction of sp³-hybridized carbons (Fsp3) is 0.750. The van der Waals surface area contributed by atoms with Crippen LogP contribution in [0.3, 0.4) is 0 Å². The molecule has 1 N–H and O–H groups in total. The first-order valence-electron chi connectivity index (χ1n) is 6.19. The normalized spacial score (nSPS) is 17.8. The zero-order valence-corrected chi connectivity index (χ0v) is 9.77. The molecule has 0 atom stereocenters. The Labute approximate surface area is 97.0 Å². The average Bonchev–Trinajstić information content (AvgIpc) is 2.83. The Bertz CT molecular complexity index is 268. The van der Waals surface area contributed by atoms with Gasteiger partial charge in [0.1, 0.15) is 0 Å². The van der Waals surface area contributed by atoms with Crippen molar-refractivity contribution in [2.75, 3.05) is 26.3 Å². The highest BCUT2D eigenvalue weighted by atomic mass is 16.5. The molecule has 0 unspecified atom stereocenters. The lowest BCUT2D eigenvalue weighted by Crippen LogP contribution is -2.30. The van der Waals surface area contributed by atoms with E-state index < -0.39 is 0 Å². The summed E-state index contributed by atoms with van der Waals surface area (Å²) in [6.45, 7) is 5.12. The van der Waals surface area contributed by atoms with Crippen LogP contribution in [0.1, 0.15) is 19.3 Å². The summed E-state index contributed by atoms with van der Waals surface area (Å²) in [6, 6.07) is 0. The van der Waals surface area contributed by atoms with Gasteiger partial charge in [0.05, 0.1) is 6.33 Å². The van der Waals surface area contributed by atoms with Crippen LogP contribution in [0.2, 0.25) is 0 Å². The van der Waals surface area contributed by atoms with Crippen molar-refractivity contribution in [1.29, 1.82) is 0 Å². The van der Waals surface area contributed by atoms with Gasteiger partial charge in [0.2, 0.25) is 0 Å². The van der Waals surface area contributed by atoms with Gasteiger partial charge < -0.3 is 14.6 Å². The molecule has 0 bridgehead atoms. The van der Waals surface area contributed by atoms with Crippen molar-refractivity contribution in [2.24, 2.45) is 5.92 Å². The Morgan fingerprint density at radius 2 is 2.25 bits per heavy atom. The van der Waals surface area contributed by atoms with E-state index in [-0.39, 0.29) is 0 Å².